The number of carbonyl (C=O) groups is 1. The summed E-state index contributed by atoms with van der Waals surface area (Å²) in [6.45, 7) is 2.44. The van der Waals surface area contributed by atoms with E-state index >= 15 is 0 Å². The van der Waals surface area contributed by atoms with Crippen LogP contribution in [0.5, 0.6) is 0 Å². The van der Waals surface area contributed by atoms with Gasteiger partial charge in [-0.2, -0.15) is 0 Å². The lowest BCUT2D eigenvalue weighted by molar-refractivity contribution is 0.0685. The van der Waals surface area contributed by atoms with Crippen molar-refractivity contribution in [2.45, 2.75) is 12.8 Å². The van der Waals surface area contributed by atoms with Gasteiger partial charge in [0.05, 0.1) is 5.02 Å². The molecule has 0 radical (unpaired) electrons. The van der Waals surface area contributed by atoms with Crippen LogP contribution in [-0.2, 0) is 4.74 Å². The number of nitrogens with zero attached hydrogens (tertiary/aromatic N) is 2. The smallest absolute Gasteiger partial charge is 0.356 e. The van der Waals surface area contributed by atoms with Gasteiger partial charge in [-0.05, 0) is 30.9 Å². The Kier molecular flexibility index (Phi) is 4.61. The van der Waals surface area contributed by atoms with Crippen LogP contribution < -0.4 is 4.90 Å². The van der Waals surface area contributed by atoms with Crippen LogP contribution in [0.2, 0.25) is 5.02 Å². The van der Waals surface area contributed by atoms with Crippen molar-refractivity contribution in [2.24, 2.45) is 5.92 Å². The van der Waals surface area contributed by atoms with E-state index in [9.17, 15) is 4.79 Å². The van der Waals surface area contributed by atoms with E-state index in [1.165, 1.54) is 0 Å². The number of hydrogen-bond donors (Lipinski definition) is 1. The molecule has 1 aromatic rings. The highest BCUT2D eigenvalue weighted by atomic mass is 35.5. The molecular weight excluding hydrogens is 268 g/mol. The van der Waals surface area contributed by atoms with Crippen molar-refractivity contribution < 1.29 is 14.6 Å². The molecule has 1 N–H and O–H groups in total. The number of hydrogen-bond acceptors (Lipinski definition) is 4. The fourth-order valence-corrected chi connectivity index (χ4v) is 2.39. The normalized spacial score (nSPS) is 16.3. The Bertz CT molecular complexity index is 461. The van der Waals surface area contributed by atoms with Crippen LogP contribution in [0, 0.1) is 5.92 Å². The van der Waals surface area contributed by atoms with E-state index in [-0.39, 0.29) is 10.7 Å². The number of carboxylic acids is 1. The van der Waals surface area contributed by atoms with Gasteiger partial charge in [0.1, 0.15) is 5.82 Å². The van der Waals surface area contributed by atoms with E-state index in [1.807, 2.05) is 11.9 Å². The van der Waals surface area contributed by atoms with E-state index in [1.54, 1.807) is 12.1 Å². The van der Waals surface area contributed by atoms with Gasteiger partial charge in [0.2, 0.25) is 0 Å². The highest BCUT2D eigenvalue weighted by Gasteiger charge is 2.18. The molecule has 2 rings (SSSR count). The molecule has 0 spiro atoms. The third-order valence-electron chi connectivity index (χ3n) is 3.30. The quantitative estimate of drug-likeness (QED) is 0.919. The maximum Gasteiger partial charge on any atom is 0.356 e. The molecule has 0 unspecified atom stereocenters. The number of ether oxygens (including phenoxy) is 1. The van der Waals surface area contributed by atoms with Gasteiger partial charge in [-0.1, -0.05) is 11.6 Å². The van der Waals surface area contributed by atoms with Crippen LogP contribution in [0.4, 0.5) is 5.82 Å². The molecule has 0 amide bonds. The van der Waals surface area contributed by atoms with Gasteiger partial charge in [-0.15, -0.1) is 0 Å². The van der Waals surface area contributed by atoms with Crippen LogP contribution in [0.25, 0.3) is 0 Å². The lowest BCUT2D eigenvalue weighted by atomic mass is 10.00. The highest BCUT2D eigenvalue weighted by molar-refractivity contribution is 6.33. The van der Waals surface area contributed by atoms with Gasteiger partial charge < -0.3 is 14.7 Å². The van der Waals surface area contributed by atoms with Crippen LogP contribution in [0.1, 0.15) is 23.3 Å². The molecule has 0 bridgehead atoms. The molecule has 1 saturated heterocycles. The van der Waals surface area contributed by atoms with Crippen LogP contribution in [0.3, 0.4) is 0 Å². The number of carboxylic acid groups (broad SMARTS) is 1. The van der Waals surface area contributed by atoms with Crippen molar-refractivity contribution in [1.29, 1.82) is 0 Å². The van der Waals surface area contributed by atoms with Gasteiger partial charge in [0.25, 0.3) is 0 Å². The standard InChI is InChI=1S/C13H17ClN2O3/c1-16(8-9-4-6-19-7-5-9)11-3-2-10(14)12(15-11)13(17)18/h2-3,9H,4-8H2,1H3,(H,17,18). The minimum absolute atomic E-state index is 0.0991. The summed E-state index contributed by atoms with van der Waals surface area (Å²) < 4.78 is 5.32. The first-order chi connectivity index (χ1) is 9.08. The predicted molar refractivity (Wildman–Crippen MR) is 73.0 cm³/mol. The van der Waals surface area contributed by atoms with Crippen LogP contribution in [-0.4, -0.2) is 42.9 Å². The average Bonchev–Trinajstić information content (AvgIpc) is 2.40. The summed E-state index contributed by atoms with van der Waals surface area (Å²) in [5, 5.41) is 9.17. The third-order valence-corrected chi connectivity index (χ3v) is 3.60. The van der Waals surface area contributed by atoms with E-state index in [4.69, 9.17) is 21.4 Å². The molecule has 1 fully saturated rings. The van der Waals surface area contributed by atoms with E-state index in [0.717, 1.165) is 32.6 Å². The van der Waals surface area contributed by atoms with Crippen LogP contribution >= 0.6 is 11.6 Å². The second-order valence-electron chi connectivity index (χ2n) is 4.74. The second-order valence-corrected chi connectivity index (χ2v) is 5.15. The topological polar surface area (TPSA) is 62.7 Å². The molecule has 104 valence electrons. The van der Waals surface area contributed by atoms with Crippen LogP contribution in [0.15, 0.2) is 12.1 Å². The first-order valence-electron chi connectivity index (χ1n) is 6.26. The molecule has 0 atom stereocenters. The SMILES string of the molecule is CN(CC1CCOCC1)c1ccc(Cl)c(C(=O)O)n1. The Morgan fingerprint density at radius 1 is 1.53 bits per heavy atom. The number of aromatic carboxylic acids is 1. The Hall–Kier alpha value is -1.33. The summed E-state index contributed by atoms with van der Waals surface area (Å²) in [5.41, 5.74) is -0.0991. The molecule has 2 heterocycles. The monoisotopic (exact) mass is 284 g/mol. The fraction of sp³-hybridized carbons (Fsp3) is 0.538. The van der Waals surface area contributed by atoms with Gasteiger partial charge in [-0.25, -0.2) is 9.78 Å². The molecule has 1 aliphatic heterocycles. The molecule has 1 aromatic heterocycles. The zero-order valence-corrected chi connectivity index (χ0v) is 11.6. The number of halogens is 1. The lowest BCUT2D eigenvalue weighted by Crippen LogP contribution is -2.30. The zero-order chi connectivity index (χ0) is 13.8. The fourth-order valence-electron chi connectivity index (χ4n) is 2.20. The number of aromatic nitrogens is 1. The number of anilines is 1. The predicted octanol–water partition coefficient (Wildman–Crippen LogP) is 2.30. The van der Waals surface area contributed by atoms with E-state index in [0.29, 0.717) is 11.7 Å². The van der Waals surface area contributed by atoms with Crippen molar-refractivity contribution in [3.63, 3.8) is 0 Å². The maximum absolute atomic E-state index is 11.0. The van der Waals surface area contributed by atoms with E-state index in [2.05, 4.69) is 4.98 Å². The Morgan fingerprint density at radius 2 is 2.21 bits per heavy atom. The minimum atomic E-state index is -1.11. The molecule has 5 nitrogen and oxygen atoms in total. The first-order valence-corrected chi connectivity index (χ1v) is 6.64. The largest absolute Gasteiger partial charge is 0.476 e. The molecule has 0 aromatic carbocycles. The van der Waals surface area contributed by atoms with Gasteiger partial charge >= 0.3 is 5.97 Å². The first kappa shape index (κ1) is 14.1. The number of rotatable bonds is 4. The molecule has 6 heteroatoms. The lowest BCUT2D eigenvalue weighted by Gasteiger charge is -2.27. The number of pyridine rings is 1. The van der Waals surface area contributed by atoms with Crippen molar-refractivity contribution in [3.05, 3.63) is 22.8 Å². The third kappa shape index (κ3) is 3.58. The van der Waals surface area contributed by atoms with Gasteiger partial charge in [0.15, 0.2) is 5.69 Å². The summed E-state index contributed by atoms with van der Waals surface area (Å²) >= 11 is 5.81. The summed E-state index contributed by atoms with van der Waals surface area (Å²) in [6.07, 6.45) is 2.06. The summed E-state index contributed by atoms with van der Waals surface area (Å²) in [4.78, 5) is 17.1. The summed E-state index contributed by atoms with van der Waals surface area (Å²) in [7, 11) is 1.91. The zero-order valence-electron chi connectivity index (χ0n) is 10.8. The van der Waals surface area contributed by atoms with Crippen molar-refractivity contribution in [1.82, 2.24) is 4.98 Å². The Balaban J connectivity index is 2.07. The molecule has 0 saturated carbocycles. The average molecular weight is 285 g/mol. The second kappa shape index (κ2) is 6.21. The summed E-state index contributed by atoms with van der Waals surface area (Å²) in [5.74, 6) is 0.0871. The highest BCUT2D eigenvalue weighted by Crippen LogP contribution is 2.21. The molecule has 0 aliphatic carbocycles. The van der Waals surface area contributed by atoms with Crippen molar-refractivity contribution >= 4 is 23.4 Å². The Labute approximate surface area is 117 Å². The van der Waals surface area contributed by atoms with Crippen molar-refractivity contribution in [3.8, 4) is 0 Å². The van der Waals surface area contributed by atoms with Gasteiger partial charge in [0, 0.05) is 26.8 Å². The van der Waals surface area contributed by atoms with Crippen molar-refractivity contribution in [2.75, 3.05) is 31.7 Å². The summed E-state index contributed by atoms with van der Waals surface area (Å²) in [6, 6.07) is 3.32. The minimum Gasteiger partial charge on any atom is -0.476 e. The van der Waals surface area contributed by atoms with Gasteiger partial charge in [-0.3, -0.25) is 0 Å². The molecule has 19 heavy (non-hydrogen) atoms. The Morgan fingerprint density at radius 3 is 2.84 bits per heavy atom. The maximum atomic E-state index is 11.0. The molecular formula is C13H17ClN2O3. The molecule has 1 aliphatic rings. The van der Waals surface area contributed by atoms with E-state index < -0.39 is 5.97 Å².